The molecule has 117 heteroatoms. The predicted octanol–water partition coefficient (Wildman–Crippen LogP) is -38.9. The standard InChI is InChI=1S/C10H18O5S.C9H16O3.B108/c1-14-9(11)10(6-4-3-5-7-10)8-15-16(2,12)13;1-12-8(11)9(7-10)5-3-2-4-6-9;1-56(2)83(55)97(84(57(3)4)58(5)6)104(98(85(59(7)8)60(9)10)86(61(11)12)62(13)14)107(103(95(79(47)48)80(49)50)96(81(51)52)82(53)54)108(105(99(87(63(15)16)64(17)18)88(65(19)20)66(21)22)100(89(67(23)24)68(25)26)90(69(27)28)70(29)30)106(101(91(71(31)32)72(33)34)92(73(35)36)74(37)38)102(93(75(39)40)76(41)42)94(77(43)44)78(45)46/h3-8H2,1-2H3;10H,2-7H2,1H3;. The van der Waals surface area contributed by atoms with E-state index in [1.165, 1.54) is 20.6 Å². The van der Waals surface area contributed by atoms with Crippen molar-refractivity contribution >= 4 is 786 Å². The van der Waals surface area contributed by atoms with Gasteiger partial charge in [-0.1, -0.05) is 38.5 Å². The van der Waals surface area contributed by atoms with E-state index in [2.05, 4.69) is 4.74 Å². The molecule has 0 heterocycles. The summed E-state index contributed by atoms with van der Waals surface area (Å²) in [5, 5.41) is 9.14. The molecular formula is C19H34B108O8S. The van der Waals surface area contributed by atoms with Crippen LogP contribution in [0.25, 0.3) is 0 Å². The highest BCUT2D eigenvalue weighted by Gasteiger charge is 2.70. The summed E-state index contributed by atoms with van der Waals surface area (Å²) >= 11 is 0. The third-order valence-corrected chi connectivity index (χ3v) is 29.4. The Bertz CT molecular complexity index is 2920. The van der Waals surface area contributed by atoms with E-state index in [9.17, 15) is 18.0 Å². The molecule has 2 aliphatic rings. The summed E-state index contributed by atoms with van der Waals surface area (Å²) in [6.45, 7) is -0.168. The average molecular weight is 1590 g/mol. The number of methoxy groups -OCH3 is 2. The Labute approximate surface area is 922 Å². The number of esters is 2. The topological polar surface area (TPSA) is 116 Å². The molecule has 2 saturated carbocycles. The molecule has 8 nitrogen and oxygen atoms in total. The van der Waals surface area contributed by atoms with Crippen LogP contribution in [0.3, 0.4) is 0 Å². The molecular weight excluding hydrogens is 1560 g/mol. The zero-order valence-electron chi connectivity index (χ0n) is 79.6. The fraction of sp³-hybridized carbons (Fsp3) is 0.895. The summed E-state index contributed by atoms with van der Waals surface area (Å²) in [6.07, 6.45) is -95.5. The first kappa shape index (κ1) is 142. The number of hydrogen-bond acceptors (Lipinski definition) is 8. The van der Waals surface area contributed by atoms with Crippen LogP contribution in [0.5, 0.6) is 0 Å². The number of hydrogen-bond donors (Lipinski definition) is 1. The smallest absolute Gasteiger partial charge is 0.314 e. The number of carbonyl (C=O) groups excluding carboxylic acids is 2. The molecule has 0 aromatic carbocycles. The number of rotatable bonds is 58. The van der Waals surface area contributed by atoms with Crippen molar-refractivity contribution in [3.8, 4) is 0 Å². The maximum absolute atomic E-state index is 11.7. The van der Waals surface area contributed by atoms with Gasteiger partial charge in [-0.2, -0.15) is 8.42 Å². The maximum atomic E-state index is 11.7. The van der Waals surface area contributed by atoms with Gasteiger partial charge in [-0.3, -0.25) is 13.8 Å². The highest BCUT2D eigenvalue weighted by atomic mass is 32.2. The van der Waals surface area contributed by atoms with Gasteiger partial charge in [-0.25, -0.2) is 0 Å². The number of aliphatic hydroxyl groups is 1. The first-order valence-corrected chi connectivity index (χ1v) is 47.3. The molecule has 0 saturated heterocycles. The zero-order chi connectivity index (χ0) is 107. The monoisotopic (exact) mass is 1610 g/mol. The Morgan fingerprint density at radius 2 is 0.338 bits per heavy atom. The maximum Gasteiger partial charge on any atom is 0.314 e. The van der Waals surface area contributed by atoms with Gasteiger partial charge in [-0.15, -0.1) is 0 Å². The van der Waals surface area contributed by atoms with E-state index in [0.717, 1.165) is 51.2 Å². The Morgan fingerprint density at radius 1 is 0.213 bits per heavy atom. The van der Waals surface area contributed by atoms with Crippen molar-refractivity contribution in [2.24, 2.45) is 10.8 Å². The van der Waals surface area contributed by atoms with Crippen LogP contribution in [0.1, 0.15) is 64.2 Å². The van der Waals surface area contributed by atoms with Gasteiger partial charge in [-0.05, 0) is 25.7 Å². The molecule has 0 aromatic heterocycles. The minimum Gasteiger partial charge on any atom is -0.469 e. The van der Waals surface area contributed by atoms with E-state index in [4.69, 9.17) is 440 Å². The van der Waals surface area contributed by atoms with Crippen molar-refractivity contribution in [3.63, 3.8) is 0 Å². The predicted molar refractivity (Wildman–Crippen MR) is 724 cm³/mol. The fourth-order valence-corrected chi connectivity index (χ4v) is 23.9. The second-order valence-corrected chi connectivity index (χ2v) is 40.0. The molecule has 0 spiro atoms. The highest BCUT2D eigenvalue weighted by molar-refractivity contribution is 8.45. The van der Waals surface area contributed by atoms with Gasteiger partial charge in [0.05, 0.1) is 44.5 Å². The van der Waals surface area contributed by atoms with Crippen LogP contribution in [0.2, 0.25) is 0 Å². The van der Waals surface area contributed by atoms with E-state index in [1.807, 2.05) is 0 Å². The van der Waals surface area contributed by atoms with Gasteiger partial charge in [0.25, 0.3) is 10.1 Å². The zero-order valence-corrected chi connectivity index (χ0v) is 80.4. The quantitative estimate of drug-likeness (QED) is 0.0364. The normalized spacial score (nSPS) is 12.1. The molecule has 0 bridgehead atoms. The molecule has 488 valence electrons. The van der Waals surface area contributed by atoms with Crippen LogP contribution in [0.4, 0.5) is 0 Å². The van der Waals surface area contributed by atoms with Crippen LogP contribution in [-0.2, 0) is 33.4 Å². The molecule has 0 aliphatic heterocycles. The van der Waals surface area contributed by atoms with Crippen LogP contribution in [0.15, 0.2) is 0 Å². The first-order valence-electron chi connectivity index (χ1n) is 45.4. The first-order chi connectivity index (χ1) is 62.2. The number of carbonyl (C=O) groups is 2. The molecule has 0 amide bonds. The Balaban J connectivity index is 0.00000547. The molecule has 110 radical (unpaired) electrons. The van der Waals surface area contributed by atoms with Crippen molar-refractivity contribution in [2.75, 3.05) is 33.7 Å². The molecule has 136 heavy (non-hydrogen) atoms. The lowest BCUT2D eigenvalue weighted by atomic mass is 8.18. The summed E-state index contributed by atoms with van der Waals surface area (Å²) in [7, 11) is 395. The van der Waals surface area contributed by atoms with Crippen molar-refractivity contribution in [1.29, 1.82) is 0 Å². The molecule has 2 fully saturated rings. The third-order valence-electron chi connectivity index (χ3n) is 28.8. The molecule has 0 aromatic rings. The van der Waals surface area contributed by atoms with Crippen LogP contribution in [-0.4, -0.2) is 823 Å². The molecule has 2 rings (SSSR count). The van der Waals surface area contributed by atoms with E-state index in [0.29, 0.717) is 12.8 Å². The van der Waals surface area contributed by atoms with Gasteiger partial charge in [0.2, 0.25) is 0 Å². The fourth-order valence-electron chi connectivity index (χ4n) is 23.4. The van der Waals surface area contributed by atoms with E-state index >= 15 is 0 Å². The minimum atomic E-state index is -3.51. The summed E-state index contributed by atoms with van der Waals surface area (Å²) in [6, 6.07) is 0. The Hall–Kier alpha value is 5.82. The van der Waals surface area contributed by atoms with Crippen LogP contribution < -0.4 is 0 Å². The lowest BCUT2D eigenvalue weighted by molar-refractivity contribution is -0.158. The van der Waals surface area contributed by atoms with E-state index < -0.39 is 359 Å². The lowest BCUT2D eigenvalue weighted by Gasteiger charge is -2.64. The summed E-state index contributed by atoms with van der Waals surface area (Å²) in [5.74, 6) is -0.611. The van der Waals surface area contributed by atoms with E-state index in [1.54, 1.807) is 0 Å². The second-order valence-electron chi connectivity index (χ2n) is 38.4. The van der Waals surface area contributed by atoms with Crippen LogP contribution in [0, 0.1) is 10.8 Å². The van der Waals surface area contributed by atoms with Crippen LogP contribution >= 0.6 is 0 Å². The number of ether oxygens (including phenoxy) is 2. The van der Waals surface area contributed by atoms with Gasteiger partial charge in [0.1, 0.15) is 0 Å². The molecule has 2 aliphatic carbocycles. The highest BCUT2D eigenvalue weighted by Crippen LogP contribution is 2.40. The van der Waals surface area contributed by atoms with E-state index in [-0.39, 0.29) is 25.2 Å². The average Bonchev–Trinajstić information content (AvgIpc) is 0.702. The Kier molecular flexibility index (Phi) is 69.1. The van der Waals surface area contributed by atoms with Gasteiger partial charge in [0.15, 0.2) is 0 Å². The van der Waals surface area contributed by atoms with Crippen molar-refractivity contribution in [2.45, 2.75) is 64.2 Å². The summed E-state index contributed by atoms with van der Waals surface area (Å²) in [4.78, 5) is 23.0. The Morgan fingerprint density at radius 3 is 0.463 bits per heavy atom. The number of aliphatic hydroxyl groups excluding tert-OH is 1. The van der Waals surface area contributed by atoms with Crippen molar-refractivity contribution < 1.29 is 36.8 Å². The molecule has 0 unspecified atom stereocenters. The third kappa shape index (κ3) is 39.9. The largest absolute Gasteiger partial charge is 0.469 e. The summed E-state index contributed by atoms with van der Waals surface area (Å²) in [5.41, 5.74) is -1.34. The molecule has 0 atom stereocenters. The van der Waals surface area contributed by atoms with Gasteiger partial charge < -0.3 is 14.6 Å². The van der Waals surface area contributed by atoms with Crippen molar-refractivity contribution in [1.82, 2.24) is 0 Å². The molecule has 1 N–H and O–H groups in total. The lowest BCUT2D eigenvalue weighted by Crippen LogP contribution is -3.02. The van der Waals surface area contributed by atoms with Gasteiger partial charge >= 0.3 is 11.9 Å². The minimum absolute atomic E-state index is 0.0698. The summed E-state index contributed by atoms with van der Waals surface area (Å²) < 4.78 is 36.1. The second kappa shape index (κ2) is 66.3. The van der Waals surface area contributed by atoms with Crippen molar-refractivity contribution in [3.05, 3.63) is 0 Å². The SMILES string of the molecule is COC(=O)C1(CO)CCCCC1.COC(=O)C1(COS(C)(=O)=O)CCCCC1.[B]B([B])B([B])B(B(B([B])[B])B([B])[B])B(B(B(B([B])[B])B([B])[B])B(B([B])[B])B([B])[B])B(B(B(B([B])[B])B([B])[B])B(B([B])[B])B([B])[B])B(B(B(B(B([B])[B])B([B])[B])B(B([B])[B])B([B])[B])B(B(B([B])[B])B([B])[B])B(B([B])[B])B([B])[B])B(B(B(B([B])[B])B([B])[B])B(B([B])[B])B([B])[B])B(B(B([B])[B])B([B])[B])B(B([B])[B])B([B])[B]. The van der Waals surface area contributed by atoms with Gasteiger partial charge in [0, 0.05) is 764 Å².